The van der Waals surface area contributed by atoms with E-state index in [4.69, 9.17) is 61.3 Å². The number of unbranched alkanes of at least 4 members (excludes halogenated alkanes) is 1. The van der Waals surface area contributed by atoms with Crippen molar-refractivity contribution in [2.45, 2.75) is 19.8 Å². The molecule has 0 saturated heterocycles. The maximum Gasteiger partial charge on any atom is 0.639 e. The molecule has 0 aliphatic rings. The Hall–Kier alpha value is -0.455. The van der Waals surface area contributed by atoms with Crippen molar-refractivity contribution in [3.8, 4) is 0 Å². The highest BCUT2D eigenvalue weighted by atomic mass is 16.7. The topological polar surface area (TPSA) is 120 Å². The van der Waals surface area contributed by atoms with Crippen molar-refractivity contribution in [3.05, 3.63) is 0 Å². The van der Waals surface area contributed by atoms with E-state index in [0.717, 1.165) is 19.4 Å². The molecule has 0 radical (unpaired) electrons. The lowest BCUT2D eigenvalue weighted by molar-refractivity contribution is -0.0142. The summed E-state index contributed by atoms with van der Waals surface area (Å²) in [6.07, 6.45) is 2.17. The molecule has 0 aliphatic heterocycles. The quantitative estimate of drug-likeness (QED) is 0.0775. The van der Waals surface area contributed by atoms with E-state index in [1.807, 2.05) is 0 Å². The molecule has 0 bridgehead atoms. The zero-order valence-corrected chi connectivity index (χ0v) is 25.1. The Balaban J connectivity index is 3.86. The lowest BCUT2D eigenvalue weighted by Crippen LogP contribution is -2.32. The fourth-order valence-corrected chi connectivity index (χ4v) is 2.69. The smallest absolute Gasteiger partial charge is 0.383 e. The van der Waals surface area contributed by atoms with Crippen molar-refractivity contribution in [2.75, 3.05) is 153 Å². The van der Waals surface area contributed by atoms with Crippen LogP contribution >= 0.6 is 0 Å². The molecule has 0 fully saturated rings. The minimum absolute atomic E-state index is 0.304. The number of methoxy groups -OCH3 is 2. The molecule has 0 amide bonds. The van der Waals surface area contributed by atoms with Crippen LogP contribution in [-0.4, -0.2) is 160 Å². The molecule has 0 unspecified atom stereocenters. The van der Waals surface area contributed by atoms with Gasteiger partial charge in [-0.3, -0.25) is 0 Å². The molecule has 40 heavy (non-hydrogen) atoms. The van der Waals surface area contributed by atoms with Gasteiger partial charge in [-0.2, -0.15) is 0 Å². The predicted octanol–water partition coefficient (Wildman–Crippen LogP) is 1.25. The number of rotatable bonds is 36. The molecule has 0 aliphatic carbocycles. The summed E-state index contributed by atoms with van der Waals surface area (Å²) in [6, 6.07) is 0. The van der Waals surface area contributed by atoms with Crippen LogP contribution in [0.4, 0.5) is 0 Å². The first-order valence-corrected chi connectivity index (χ1v) is 14.3. The van der Waals surface area contributed by atoms with Gasteiger partial charge in [0, 0.05) is 20.8 Å². The van der Waals surface area contributed by atoms with Gasteiger partial charge in [0.2, 0.25) is 0 Å². The number of ether oxygens (including phenoxy) is 10. The third kappa shape index (κ3) is 33.7. The standard InChI is InChI=1S/C26H55BO13/c1-4-5-6-30-11-12-35-21-24-38-27(39-25-22-36-19-17-33-15-13-31-9-7-28-2)40-26-23-37-20-18-34-16-14-32-10-8-29-3/h4-26H2,1-3H3. The van der Waals surface area contributed by atoms with Crippen molar-refractivity contribution in [3.63, 3.8) is 0 Å². The van der Waals surface area contributed by atoms with E-state index < -0.39 is 7.32 Å². The molecule has 240 valence electrons. The summed E-state index contributed by atoms with van der Waals surface area (Å²) in [4.78, 5) is 0. The third-order valence-corrected chi connectivity index (χ3v) is 4.81. The minimum Gasteiger partial charge on any atom is -0.383 e. The average molecular weight is 587 g/mol. The zero-order chi connectivity index (χ0) is 29.0. The Labute approximate surface area is 241 Å². The molecule has 0 atom stereocenters. The molecule has 0 aromatic heterocycles. The van der Waals surface area contributed by atoms with E-state index in [9.17, 15) is 0 Å². The second-order valence-corrected chi connectivity index (χ2v) is 8.14. The lowest BCUT2D eigenvalue weighted by atomic mass is 10.2. The summed E-state index contributed by atoms with van der Waals surface area (Å²) in [5, 5.41) is 0. The van der Waals surface area contributed by atoms with Gasteiger partial charge < -0.3 is 61.3 Å². The van der Waals surface area contributed by atoms with Crippen LogP contribution in [0.15, 0.2) is 0 Å². The molecule has 0 spiro atoms. The fraction of sp³-hybridized carbons (Fsp3) is 1.00. The first-order chi connectivity index (χ1) is 19.8. The fourth-order valence-electron chi connectivity index (χ4n) is 2.69. The first kappa shape index (κ1) is 39.5. The Bertz CT molecular complexity index is 427. The molecule has 0 N–H and O–H groups in total. The molecular formula is C26H55BO13. The van der Waals surface area contributed by atoms with Gasteiger partial charge in [-0.1, -0.05) is 13.3 Å². The average Bonchev–Trinajstić information content (AvgIpc) is 2.97. The van der Waals surface area contributed by atoms with Crippen molar-refractivity contribution in [2.24, 2.45) is 0 Å². The van der Waals surface area contributed by atoms with E-state index in [1.54, 1.807) is 14.2 Å². The van der Waals surface area contributed by atoms with Crippen LogP contribution < -0.4 is 0 Å². The van der Waals surface area contributed by atoms with E-state index in [-0.39, 0.29) is 0 Å². The van der Waals surface area contributed by atoms with Crippen molar-refractivity contribution >= 4 is 7.32 Å². The van der Waals surface area contributed by atoms with E-state index in [0.29, 0.717) is 132 Å². The molecule has 0 heterocycles. The van der Waals surface area contributed by atoms with E-state index >= 15 is 0 Å². The summed E-state index contributed by atoms with van der Waals surface area (Å²) < 4.78 is 70.4. The largest absolute Gasteiger partial charge is 0.639 e. The van der Waals surface area contributed by atoms with Crippen LogP contribution in [0.3, 0.4) is 0 Å². The second kappa shape index (κ2) is 36.6. The normalized spacial score (nSPS) is 11.5. The van der Waals surface area contributed by atoms with Crippen LogP contribution in [0.2, 0.25) is 0 Å². The van der Waals surface area contributed by atoms with Crippen molar-refractivity contribution < 1.29 is 61.3 Å². The predicted molar refractivity (Wildman–Crippen MR) is 149 cm³/mol. The van der Waals surface area contributed by atoms with Gasteiger partial charge in [0.25, 0.3) is 0 Å². The lowest BCUT2D eigenvalue weighted by Gasteiger charge is -2.15. The molecule has 0 rings (SSSR count). The van der Waals surface area contributed by atoms with Gasteiger partial charge in [-0.05, 0) is 6.42 Å². The maximum absolute atomic E-state index is 5.67. The molecule has 14 heteroatoms. The van der Waals surface area contributed by atoms with E-state index in [1.165, 1.54) is 0 Å². The highest BCUT2D eigenvalue weighted by molar-refractivity contribution is 6.36. The maximum atomic E-state index is 5.67. The van der Waals surface area contributed by atoms with Crippen LogP contribution in [-0.2, 0) is 61.3 Å². The number of hydrogen-bond acceptors (Lipinski definition) is 13. The molecule has 0 saturated carbocycles. The van der Waals surface area contributed by atoms with Gasteiger partial charge in [0.1, 0.15) is 0 Å². The Morgan fingerprint density at radius 1 is 0.325 bits per heavy atom. The molecular weight excluding hydrogens is 531 g/mol. The van der Waals surface area contributed by atoms with Crippen LogP contribution in [0.5, 0.6) is 0 Å². The molecule has 13 nitrogen and oxygen atoms in total. The van der Waals surface area contributed by atoms with Gasteiger partial charge in [0.15, 0.2) is 0 Å². The zero-order valence-electron chi connectivity index (χ0n) is 25.1. The van der Waals surface area contributed by atoms with Crippen LogP contribution in [0.1, 0.15) is 19.8 Å². The first-order valence-electron chi connectivity index (χ1n) is 14.3. The Morgan fingerprint density at radius 3 is 0.850 bits per heavy atom. The minimum atomic E-state index is -0.849. The summed E-state index contributed by atoms with van der Waals surface area (Å²) in [6.45, 7) is 12.3. The van der Waals surface area contributed by atoms with Gasteiger partial charge in [0.05, 0.1) is 132 Å². The highest BCUT2D eigenvalue weighted by Gasteiger charge is 2.21. The summed E-state index contributed by atoms with van der Waals surface area (Å²) in [5.74, 6) is 0. The van der Waals surface area contributed by atoms with Crippen molar-refractivity contribution in [1.29, 1.82) is 0 Å². The Morgan fingerprint density at radius 2 is 0.575 bits per heavy atom. The number of hydrogen-bond donors (Lipinski definition) is 0. The molecule has 0 aromatic carbocycles. The van der Waals surface area contributed by atoms with Gasteiger partial charge >= 0.3 is 7.32 Å². The summed E-state index contributed by atoms with van der Waals surface area (Å²) in [5.41, 5.74) is 0. The highest BCUT2D eigenvalue weighted by Crippen LogP contribution is 1.96. The van der Waals surface area contributed by atoms with Crippen LogP contribution in [0, 0.1) is 0 Å². The summed E-state index contributed by atoms with van der Waals surface area (Å²) >= 11 is 0. The van der Waals surface area contributed by atoms with Crippen molar-refractivity contribution in [1.82, 2.24) is 0 Å². The van der Waals surface area contributed by atoms with Gasteiger partial charge in [-0.15, -0.1) is 0 Å². The van der Waals surface area contributed by atoms with E-state index in [2.05, 4.69) is 6.92 Å². The molecule has 0 aromatic rings. The van der Waals surface area contributed by atoms with Crippen LogP contribution in [0.25, 0.3) is 0 Å². The summed E-state index contributed by atoms with van der Waals surface area (Å²) in [7, 11) is 2.43. The Kier molecular flexibility index (Phi) is 36.2. The SMILES string of the molecule is CCCCOCCOCCOB(OCCOCCOCCOCCOC)OCCOCCOCCOCCOC. The second-order valence-electron chi connectivity index (χ2n) is 8.14. The van der Waals surface area contributed by atoms with Gasteiger partial charge in [-0.25, -0.2) is 0 Å². The monoisotopic (exact) mass is 586 g/mol. The third-order valence-electron chi connectivity index (χ3n) is 4.81.